The van der Waals surface area contributed by atoms with Gasteiger partial charge >= 0.3 is 0 Å². The van der Waals surface area contributed by atoms with E-state index in [1.165, 1.54) is 30.2 Å². The van der Waals surface area contributed by atoms with E-state index in [9.17, 15) is 10.1 Å². The van der Waals surface area contributed by atoms with Gasteiger partial charge in [-0.3, -0.25) is 4.79 Å². The number of aromatic nitrogens is 2. The number of carbonyl (C=O) groups excluding carboxylic acids is 1. The molecule has 6 heteroatoms. The third-order valence-corrected chi connectivity index (χ3v) is 5.70. The van der Waals surface area contributed by atoms with Gasteiger partial charge in [-0.1, -0.05) is 12.1 Å². The topological polar surface area (TPSA) is 78.7 Å². The molecule has 2 heterocycles. The first-order valence-electron chi connectivity index (χ1n) is 9.22. The summed E-state index contributed by atoms with van der Waals surface area (Å²) < 4.78 is 0. The molecule has 28 heavy (non-hydrogen) atoms. The van der Waals surface area contributed by atoms with Crippen LogP contribution in [0.1, 0.15) is 35.4 Å². The molecule has 3 aromatic rings. The van der Waals surface area contributed by atoms with Crippen LogP contribution in [0.4, 0.5) is 0 Å². The van der Waals surface area contributed by atoms with Crippen LogP contribution in [-0.2, 0) is 11.2 Å². The average Bonchev–Trinajstić information content (AvgIpc) is 3.57. The zero-order valence-electron chi connectivity index (χ0n) is 15.8. The zero-order chi connectivity index (χ0) is 19.7. The Kier molecular flexibility index (Phi) is 5.01. The van der Waals surface area contributed by atoms with Gasteiger partial charge in [0.2, 0.25) is 5.91 Å². The molecule has 0 saturated heterocycles. The molecule has 1 aliphatic carbocycles. The standard InChI is InChI=1S/C22H20N4OS/c1-24-21(27)10-13-3-7-16-17(14-4-5-14)11-20(25-19(16)9-13)18-8-6-15(12-23)22(26-18)28-2/h3,6-9,11,14H,4-5,10H2,1-2H3,(H,24,27). The molecule has 1 aromatic carbocycles. The summed E-state index contributed by atoms with van der Waals surface area (Å²) in [4.78, 5) is 21.3. The number of fused-ring (bicyclic) bond motifs is 1. The Bertz CT molecular complexity index is 1120. The lowest BCUT2D eigenvalue weighted by molar-refractivity contribution is -0.119. The van der Waals surface area contributed by atoms with E-state index >= 15 is 0 Å². The van der Waals surface area contributed by atoms with Crippen LogP contribution in [0.15, 0.2) is 41.4 Å². The van der Waals surface area contributed by atoms with E-state index in [4.69, 9.17) is 4.98 Å². The number of nitrogens with zero attached hydrogens (tertiary/aromatic N) is 3. The van der Waals surface area contributed by atoms with Crippen molar-refractivity contribution in [2.75, 3.05) is 13.3 Å². The van der Waals surface area contributed by atoms with Gasteiger partial charge in [-0.2, -0.15) is 5.26 Å². The van der Waals surface area contributed by atoms with Gasteiger partial charge in [0, 0.05) is 12.4 Å². The molecule has 140 valence electrons. The second-order valence-electron chi connectivity index (χ2n) is 6.94. The minimum atomic E-state index is -0.0173. The first-order chi connectivity index (χ1) is 13.6. The van der Waals surface area contributed by atoms with Gasteiger partial charge in [0.1, 0.15) is 11.1 Å². The molecule has 1 aliphatic rings. The van der Waals surface area contributed by atoms with E-state index in [1.807, 2.05) is 24.5 Å². The van der Waals surface area contributed by atoms with E-state index in [0.29, 0.717) is 22.9 Å². The van der Waals surface area contributed by atoms with Crippen molar-refractivity contribution in [1.29, 1.82) is 5.26 Å². The van der Waals surface area contributed by atoms with Crippen molar-refractivity contribution in [2.45, 2.75) is 30.2 Å². The molecule has 1 N–H and O–H groups in total. The summed E-state index contributed by atoms with van der Waals surface area (Å²) in [6, 6.07) is 14.1. The molecule has 1 fully saturated rings. The Morgan fingerprint density at radius 1 is 1.21 bits per heavy atom. The maximum absolute atomic E-state index is 11.8. The minimum absolute atomic E-state index is 0.0173. The van der Waals surface area contributed by atoms with Crippen LogP contribution in [0.5, 0.6) is 0 Å². The number of amides is 1. The fourth-order valence-corrected chi connectivity index (χ4v) is 3.90. The largest absolute Gasteiger partial charge is 0.359 e. The predicted octanol–water partition coefficient (Wildman–Crippen LogP) is 4.06. The van der Waals surface area contributed by atoms with Gasteiger partial charge in [-0.15, -0.1) is 11.8 Å². The van der Waals surface area contributed by atoms with Crippen LogP contribution in [-0.4, -0.2) is 29.2 Å². The molecule has 5 nitrogen and oxygen atoms in total. The summed E-state index contributed by atoms with van der Waals surface area (Å²) in [6.07, 6.45) is 4.63. The normalized spacial score (nSPS) is 13.3. The minimum Gasteiger partial charge on any atom is -0.359 e. The number of hydrogen-bond donors (Lipinski definition) is 1. The Morgan fingerprint density at radius 2 is 2.04 bits per heavy atom. The number of hydrogen-bond acceptors (Lipinski definition) is 5. The van der Waals surface area contributed by atoms with Gasteiger partial charge in [0.05, 0.1) is 28.9 Å². The molecule has 2 aromatic heterocycles. The van der Waals surface area contributed by atoms with Crippen molar-refractivity contribution >= 4 is 28.6 Å². The number of pyridine rings is 2. The Morgan fingerprint density at radius 3 is 2.71 bits per heavy atom. The third kappa shape index (κ3) is 3.58. The maximum atomic E-state index is 11.8. The van der Waals surface area contributed by atoms with Gasteiger partial charge in [0.15, 0.2) is 0 Å². The summed E-state index contributed by atoms with van der Waals surface area (Å²) in [7, 11) is 1.64. The number of likely N-dealkylation sites (N-methyl/N-ethyl adjacent to an activating group) is 1. The predicted molar refractivity (Wildman–Crippen MR) is 111 cm³/mol. The summed E-state index contributed by atoms with van der Waals surface area (Å²) in [5.74, 6) is 0.545. The molecule has 0 spiro atoms. The second kappa shape index (κ2) is 7.61. The van der Waals surface area contributed by atoms with Gasteiger partial charge < -0.3 is 5.32 Å². The highest BCUT2D eigenvalue weighted by Crippen LogP contribution is 2.44. The van der Waals surface area contributed by atoms with E-state index < -0.39 is 0 Å². The molecule has 1 amide bonds. The van der Waals surface area contributed by atoms with Crippen LogP contribution in [0.2, 0.25) is 0 Å². The van der Waals surface area contributed by atoms with E-state index in [2.05, 4.69) is 28.5 Å². The molecule has 0 atom stereocenters. The lowest BCUT2D eigenvalue weighted by atomic mass is 10.00. The maximum Gasteiger partial charge on any atom is 0.224 e. The van der Waals surface area contributed by atoms with Crippen molar-refractivity contribution in [3.63, 3.8) is 0 Å². The molecule has 4 rings (SSSR count). The van der Waals surface area contributed by atoms with E-state index in [0.717, 1.165) is 27.9 Å². The molecule has 0 unspecified atom stereocenters. The highest BCUT2D eigenvalue weighted by atomic mass is 32.2. The highest BCUT2D eigenvalue weighted by Gasteiger charge is 2.26. The fourth-order valence-electron chi connectivity index (χ4n) is 3.37. The summed E-state index contributed by atoms with van der Waals surface area (Å²) in [5, 5.41) is 13.8. The van der Waals surface area contributed by atoms with Crippen LogP contribution >= 0.6 is 11.8 Å². The summed E-state index contributed by atoms with van der Waals surface area (Å²) in [5.41, 5.74) is 5.28. The first-order valence-corrected chi connectivity index (χ1v) is 10.4. The molecular formula is C22H20N4OS. The lowest BCUT2D eigenvalue weighted by Crippen LogP contribution is -2.19. The molecule has 1 saturated carbocycles. The molecular weight excluding hydrogens is 368 g/mol. The van der Waals surface area contributed by atoms with Gasteiger partial charge in [-0.25, -0.2) is 9.97 Å². The second-order valence-corrected chi connectivity index (χ2v) is 7.73. The number of rotatable bonds is 5. The summed E-state index contributed by atoms with van der Waals surface area (Å²) >= 11 is 1.46. The van der Waals surface area contributed by atoms with Crippen molar-refractivity contribution in [1.82, 2.24) is 15.3 Å². The zero-order valence-corrected chi connectivity index (χ0v) is 16.6. The number of benzene rings is 1. The number of carbonyl (C=O) groups is 1. The van der Waals surface area contributed by atoms with Crippen molar-refractivity contribution in [3.8, 4) is 17.5 Å². The SMILES string of the molecule is CNC(=O)Cc1ccc2c(C3CC3)cc(-c3ccc(C#N)c(SC)n3)nc2c1. The monoisotopic (exact) mass is 388 g/mol. The Hall–Kier alpha value is -2.91. The van der Waals surface area contributed by atoms with E-state index in [-0.39, 0.29) is 5.91 Å². The summed E-state index contributed by atoms with van der Waals surface area (Å²) in [6.45, 7) is 0. The lowest BCUT2D eigenvalue weighted by Gasteiger charge is -2.11. The average molecular weight is 388 g/mol. The Balaban J connectivity index is 1.84. The quantitative estimate of drug-likeness (QED) is 0.667. The van der Waals surface area contributed by atoms with E-state index in [1.54, 1.807) is 13.1 Å². The first kappa shape index (κ1) is 18.5. The van der Waals surface area contributed by atoms with Gasteiger partial charge in [0.25, 0.3) is 0 Å². The van der Waals surface area contributed by atoms with Crippen LogP contribution in [0.3, 0.4) is 0 Å². The van der Waals surface area contributed by atoms with Crippen molar-refractivity contribution < 1.29 is 4.79 Å². The number of nitrogens with one attached hydrogen (secondary N) is 1. The number of nitriles is 1. The highest BCUT2D eigenvalue weighted by molar-refractivity contribution is 7.98. The molecule has 0 bridgehead atoms. The molecule has 0 radical (unpaired) electrons. The Labute approximate surface area is 168 Å². The molecule has 0 aliphatic heterocycles. The van der Waals surface area contributed by atoms with Crippen LogP contribution in [0.25, 0.3) is 22.3 Å². The van der Waals surface area contributed by atoms with Gasteiger partial charge in [-0.05, 0) is 60.4 Å². The third-order valence-electron chi connectivity index (χ3n) is 5.00. The van der Waals surface area contributed by atoms with Crippen LogP contribution in [0, 0.1) is 11.3 Å². The van der Waals surface area contributed by atoms with Crippen molar-refractivity contribution in [3.05, 3.63) is 53.1 Å². The number of thioether (sulfide) groups is 1. The van der Waals surface area contributed by atoms with Crippen molar-refractivity contribution in [2.24, 2.45) is 0 Å². The smallest absolute Gasteiger partial charge is 0.224 e. The van der Waals surface area contributed by atoms with Crippen LogP contribution < -0.4 is 5.32 Å². The fraction of sp³-hybridized carbons (Fsp3) is 0.273.